The fraction of sp³-hybridized carbons (Fsp3) is 0.600. The highest BCUT2D eigenvalue weighted by molar-refractivity contribution is 5.18. The highest BCUT2D eigenvalue weighted by Crippen LogP contribution is 2.23. The van der Waals surface area contributed by atoms with E-state index in [1.165, 1.54) is 11.4 Å². The molecule has 1 rings (SSSR count). The molecule has 68 valence electrons. The molecule has 12 heavy (non-hydrogen) atoms. The number of rotatable bonds is 1. The molecule has 1 heterocycles. The van der Waals surface area contributed by atoms with E-state index in [2.05, 4.69) is 56.9 Å². The highest BCUT2D eigenvalue weighted by atomic mass is 15.4. The molecule has 0 unspecified atom stereocenters. The highest BCUT2D eigenvalue weighted by Gasteiger charge is 2.19. The van der Waals surface area contributed by atoms with Gasteiger partial charge in [0.05, 0.1) is 0 Å². The van der Waals surface area contributed by atoms with Crippen LogP contribution >= 0.6 is 0 Å². The number of hydrogen-bond acceptors (Lipinski definition) is 2. The topological polar surface area (TPSA) is 6.48 Å². The van der Waals surface area contributed by atoms with Crippen LogP contribution in [-0.2, 0) is 0 Å². The Labute approximate surface area is 75.2 Å². The first-order valence-electron chi connectivity index (χ1n) is 4.41. The molecule has 0 aromatic heterocycles. The van der Waals surface area contributed by atoms with Crippen LogP contribution in [0.3, 0.4) is 0 Å². The average molecular weight is 166 g/mol. The fourth-order valence-corrected chi connectivity index (χ4v) is 1.52. The van der Waals surface area contributed by atoms with Gasteiger partial charge in [0.1, 0.15) is 5.82 Å². The van der Waals surface area contributed by atoms with Gasteiger partial charge in [-0.1, -0.05) is 0 Å². The van der Waals surface area contributed by atoms with Gasteiger partial charge in [-0.3, -0.25) is 0 Å². The van der Waals surface area contributed by atoms with E-state index in [0.29, 0.717) is 6.04 Å². The van der Waals surface area contributed by atoms with Crippen molar-refractivity contribution in [2.75, 3.05) is 7.05 Å². The van der Waals surface area contributed by atoms with E-state index in [4.69, 9.17) is 0 Å². The third-order valence-corrected chi connectivity index (χ3v) is 2.03. The molecule has 1 aliphatic heterocycles. The Morgan fingerprint density at radius 3 is 2.17 bits per heavy atom. The normalized spacial score (nSPS) is 16.7. The van der Waals surface area contributed by atoms with Gasteiger partial charge in [-0.15, -0.1) is 0 Å². The Bertz CT molecular complexity index is 222. The van der Waals surface area contributed by atoms with Crippen molar-refractivity contribution in [2.24, 2.45) is 0 Å². The van der Waals surface area contributed by atoms with Gasteiger partial charge in [-0.05, 0) is 33.3 Å². The molecule has 0 aliphatic carbocycles. The van der Waals surface area contributed by atoms with E-state index < -0.39 is 0 Å². The minimum Gasteiger partial charge on any atom is -0.336 e. The zero-order valence-corrected chi connectivity index (χ0v) is 8.63. The summed E-state index contributed by atoms with van der Waals surface area (Å²) >= 11 is 0. The largest absolute Gasteiger partial charge is 0.336 e. The molecule has 0 radical (unpaired) electrons. The van der Waals surface area contributed by atoms with Gasteiger partial charge in [0.2, 0.25) is 0 Å². The van der Waals surface area contributed by atoms with Gasteiger partial charge >= 0.3 is 0 Å². The molecule has 2 nitrogen and oxygen atoms in total. The van der Waals surface area contributed by atoms with Crippen molar-refractivity contribution >= 4 is 0 Å². The number of hydrogen-bond donors (Lipinski definition) is 0. The molecule has 2 heteroatoms. The molecule has 0 saturated carbocycles. The van der Waals surface area contributed by atoms with E-state index in [1.807, 2.05) is 0 Å². The first-order valence-corrected chi connectivity index (χ1v) is 4.41. The lowest BCUT2D eigenvalue weighted by Crippen LogP contribution is -2.27. The maximum absolute atomic E-state index is 2.29. The van der Waals surface area contributed by atoms with Crippen molar-refractivity contribution in [1.82, 2.24) is 9.80 Å². The minimum absolute atomic E-state index is 0.538. The quantitative estimate of drug-likeness (QED) is 0.590. The summed E-state index contributed by atoms with van der Waals surface area (Å²) in [7, 11) is 2.08. The van der Waals surface area contributed by atoms with Gasteiger partial charge in [-0.2, -0.15) is 0 Å². The van der Waals surface area contributed by atoms with Gasteiger partial charge in [0, 0.05) is 25.5 Å². The molecule has 0 saturated heterocycles. The standard InChI is InChI=1S/C10H18N2/c1-8(2)10-11(5)6-7-12(10)9(3)4/h6-7,9H,1-5H3. The van der Waals surface area contributed by atoms with Crippen molar-refractivity contribution in [2.45, 2.75) is 33.7 Å². The van der Waals surface area contributed by atoms with Crippen LogP contribution in [-0.4, -0.2) is 22.9 Å². The van der Waals surface area contributed by atoms with Gasteiger partial charge in [0.25, 0.3) is 0 Å². The van der Waals surface area contributed by atoms with Gasteiger partial charge in [-0.25, -0.2) is 0 Å². The van der Waals surface area contributed by atoms with Crippen molar-refractivity contribution in [3.63, 3.8) is 0 Å². The SMILES string of the molecule is CC(C)=C1N(C)C=CN1C(C)C. The number of allylic oxidation sites excluding steroid dienone is 1. The fourth-order valence-electron chi connectivity index (χ4n) is 1.52. The maximum Gasteiger partial charge on any atom is 0.111 e. The van der Waals surface area contributed by atoms with Crippen molar-refractivity contribution in [1.29, 1.82) is 0 Å². The summed E-state index contributed by atoms with van der Waals surface area (Å²) in [5.74, 6) is 1.31. The van der Waals surface area contributed by atoms with E-state index in [0.717, 1.165) is 0 Å². The molecule has 0 spiro atoms. The summed E-state index contributed by atoms with van der Waals surface area (Å²) in [6.07, 6.45) is 4.23. The third kappa shape index (κ3) is 1.47. The molecule has 0 N–H and O–H groups in total. The van der Waals surface area contributed by atoms with Crippen LogP contribution in [0.1, 0.15) is 27.7 Å². The molecule has 0 bridgehead atoms. The third-order valence-electron chi connectivity index (χ3n) is 2.03. The Morgan fingerprint density at radius 1 is 1.25 bits per heavy atom. The van der Waals surface area contributed by atoms with Crippen LogP contribution in [0.15, 0.2) is 23.8 Å². The predicted octanol–water partition coefficient (Wildman–Crippen LogP) is 2.36. The Hall–Kier alpha value is -0.920. The van der Waals surface area contributed by atoms with Crippen molar-refractivity contribution < 1.29 is 0 Å². The molecule has 0 aromatic carbocycles. The van der Waals surface area contributed by atoms with Crippen molar-refractivity contribution in [3.8, 4) is 0 Å². The van der Waals surface area contributed by atoms with Crippen LogP contribution in [0.2, 0.25) is 0 Å². The summed E-state index contributed by atoms with van der Waals surface area (Å²) < 4.78 is 0. The second-order valence-electron chi connectivity index (χ2n) is 3.73. The summed E-state index contributed by atoms with van der Waals surface area (Å²) in [6.45, 7) is 8.70. The minimum atomic E-state index is 0.538. The van der Waals surface area contributed by atoms with Crippen molar-refractivity contribution in [3.05, 3.63) is 23.8 Å². The molecular weight excluding hydrogens is 148 g/mol. The molecule has 0 amide bonds. The summed E-state index contributed by atoms with van der Waals surface area (Å²) in [4.78, 5) is 4.45. The van der Waals surface area contributed by atoms with E-state index in [1.54, 1.807) is 0 Å². The van der Waals surface area contributed by atoms with Gasteiger partial charge < -0.3 is 9.80 Å². The first kappa shape index (κ1) is 9.17. The zero-order valence-electron chi connectivity index (χ0n) is 8.63. The van der Waals surface area contributed by atoms with Crippen LogP contribution in [0.4, 0.5) is 0 Å². The lowest BCUT2D eigenvalue weighted by atomic mass is 10.3. The van der Waals surface area contributed by atoms with E-state index in [-0.39, 0.29) is 0 Å². The first-order chi connectivity index (χ1) is 5.54. The smallest absolute Gasteiger partial charge is 0.111 e. The predicted molar refractivity (Wildman–Crippen MR) is 52.3 cm³/mol. The molecule has 0 fully saturated rings. The Balaban J connectivity index is 2.92. The number of nitrogens with zero attached hydrogens (tertiary/aromatic N) is 2. The molecule has 1 aliphatic rings. The van der Waals surface area contributed by atoms with Crippen LogP contribution in [0.5, 0.6) is 0 Å². The summed E-state index contributed by atoms with van der Waals surface area (Å²) in [5.41, 5.74) is 1.36. The van der Waals surface area contributed by atoms with Gasteiger partial charge in [0.15, 0.2) is 0 Å². The van der Waals surface area contributed by atoms with E-state index >= 15 is 0 Å². The second kappa shape index (κ2) is 3.21. The van der Waals surface area contributed by atoms with Crippen LogP contribution in [0.25, 0.3) is 0 Å². The molecule has 0 atom stereocenters. The monoisotopic (exact) mass is 166 g/mol. The Kier molecular flexibility index (Phi) is 2.46. The average Bonchev–Trinajstić information content (AvgIpc) is 2.30. The lowest BCUT2D eigenvalue weighted by molar-refractivity contribution is 0.332. The summed E-state index contributed by atoms with van der Waals surface area (Å²) in [5, 5.41) is 0. The van der Waals surface area contributed by atoms with Crippen LogP contribution < -0.4 is 0 Å². The maximum atomic E-state index is 2.29. The Morgan fingerprint density at radius 2 is 1.83 bits per heavy atom. The lowest BCUT2D eigenvalue weighted by Gasteiger charge is -2.27. The molecular formula is C10H18N2. The van der Waals surface area contributed by atoms with E-state index in [9.17, 15) is 0 Å². The summed E-state index contributed by atoms with van der Waals surface area (Å²) in [6, 6.07) is 0.538. The molecule has 0 aromatic rings. The van der Waals surface area contributed by atoms with Crippen LogP contribution in [0, 0.1) is 0 Å². The second-order valence-corrected chi connectivity index (χ2v) is 3.73. The zero-order chi connectivity index (χ0) is 9.30.